The third kappa shape index (κ3) is 3.21. The van der Waals surface area contributed by atoms with Crippen molar-refractivity contribution in [1.29, 1.82) is 0 Å². The summed E-state index contributed by atoms with van der Waals surface area (Å²) < 4.78 is 16.2. The topological polar surface area (TPSA) is 51.2 Å². The molecule has 130 valence electrons. The van der Waals surface area contributed by atoms with Crippen LogP contribution >= 0.6 is 0 Å². The maximum absolute atomic E-state index is 12.4. The second kappa shape index (κ2) is 6.99. The van der Waals surface area contributed by atoms with Crippen molar-refractivity contribution in [3.05, 3.63) is 23.8 Å². The fourth-order valence-corrected chi connectivity index (χ4v) is 3.80. The molecule has 2 fully saturated rings. The summed E-state index contributed by atoms with van der Waals surface area (Å²) in [6.07, 6.45) is 2.89. The number of likely N-dealkylation sites (tertiary alicyclic amines) is 1. The van der Waals surface area contributed by atoms with Crippen LogP contribution in [0.15, 0.2) is 18.2 Å². The van der Waals surface area contributed by atoms with Gasteiger partial charge in [-0.15, -0.1) is 0 Å². The summed E-state index contributed by atoms with van der Waals surface area (Å²) in [5.74, 6) is 1.91. The number of morpholine rings is 1. The highest BCUT2D eigenvalue weighted by molar-refractivity contribution is 5.76. The Morgan fingerprint density at radius 3 is 2.83 bits per heavy atom. The van der Waals surface area contributed by atoms with Gasteiger partial charge >= 0.3 is 0 Å². The summed E-state index contributed by atoms with van der Waals surface area (Å²) in [7, 11) is 0. The fourth-order valence-electron chi connectivity index (χ4n) is 3.80. The molecule has 6 heteroatoms. The number of rotatable bonds is 4. The molecule has 0 bridgehead atoms. The zero-order chi connectivity index (χ0) is 16.4. The van der Waals surface area contributed by atoms with Crippen LogP contribution in [0.5, 0.6) is 11.5 Å². The first kappa shape index (κ1) is 15.7. The molecular formula is C18H24N2O4. The molecule has 3 aliphatic heterocycles. The number of carbonyl (C=O) groups excluding carboxylic acids is 1. The first-order chi connectivity index (χ1) is 11.8. The highest BCUT2D eigenvalue weighted by atomic mass is 16.7. The lowest BCUT2D eigenvalue weighted by atomic mass is 10.0. The van der Waals surface area contributed by atoms with Crippen molar-refractivity contribution in [2.45, 2.75) is 25.3 Å². The van der Waals surface area contributed by atoms with E-state index in [-0.39, 0.29) is 5.91 Å². The quantitative estimate of drug-likeness (QED) is 0.841. The van der Waals surface area contributed by atoms with Crippen molar-refractivity contribution < 1.29 is 19.0 Å². The monoisotopic (exact) mass is 332 g/mol. The minimum Gasteiger partial charge on any atom is -0.454 e. The maximum Gasteiger partial charge on any atom is 0.231 e. The molecule has 0 spiro atoms. The molecule has 0 unspecified atom stereocenters. The number of carbonyl (C=O) groups is 1. The number of nitrogens with zero attached hydrogens (tertiary/aromatic N) is 2. The molecule has 1 amide bonds. The second-order valence-electron chi connectivity index (χ2n) is 6.55. The van der Waals surface area contributed by atoms with Crippen LogP contribution in [0.25, 0.3) is 0 Å². The van der Waals surface area contributed by atoms with Gasteiger partial charge in [0.05, 0.1) is 13.2 Å². The Morgan fingerprint density at radius 1 is 1.12 bits per heavy atom. The van der Waals surface area contributed by atoms with E-state index >= 15 is 0 Å². The molecular weight excluding hydrogens is 308 g/mol. The Morgan fingerprint density at radius 2 is 1.96 bits per heavy atom. The largest absolute Gasteiger partial charge is 0.454 e. The van der Waals surface area contributed by atoms with E-state index in [0.29, 0.717) is 32.5 Å². The third-order valence-electron chi connectivity index (χ3n) is 5.12. The number of hydrogen-bond acceptors (Lipinski definition) is 5. The summed E-state index contributed by atoms with van der Waals surface area (Å²) in [4.78, 5) is 16.7. The summed E-state index contributed by atoms with van der Waals surface area (Å²) in [6.45, 7) is 4.95. The smallest absolute Gasteiger partial charge is 0.231 e. The predicted molar refractivity (Wildman–Crippen MR) is 88.1 cm³/mol. The van der Waals surface area contributed by atoms with E-state index in [1.807, 2.05) is 11.0 Å². The van der Waals surface area contributed by atoms with Crippen LogP contribution in [0.4, 0.5) is 0 Å². The van der Waals surface area contributed by atoms with Crippen LogP contribution in [-0.4, -0.2) is 61.9 Å². The highest BCUT2D eigenvalue weighted by Crippen LogP contribution is 2.38. The van der Waals surface area contributed by atoms with Crippen molar-refractivity contribution >= 4 is 5.91 Å². The molecule has 0 radical (unpaired) electrons. The van der Waals surface area contributed by atoms with E-state index in [1.54, 1.807) is 0 Å². The highest BCUT2D eigenvalue weighted by Gasteiger charge is 2.28. The molecule has 0 aromatic heterocycles. The molecule has 24 heavy (non-hydrogen) atoms. The third-order valence-corrected chi connectivity index (χ3v) is 5.12. The second-order valence-corrected chi connectivity index (χ2v) is 6.55. The molecule has 3 aliphatic rings. The number of hydrogen-bond donors (Lipinski definition) is 0. The molecule has 0 saturated carbocycles. The van der Waals surface area contributed by atoms with Crippen molar-refractivity contribution in [3.63, 3.8) is 0 Å². The van der Waals surface area contributed by atoms with Gasteiger partial charge in [0.1, 0.15) is 0 Å². The standard InChI is InChI=1S/C18H24N2O4/c21-18(20-8-10-22-11-9-20)5-7-19-6-1-2-15(19)14-3-4-16-17(12-14)24-13-23-16/h3-4,12,15H,1-2,5-11,13H2/t15-/m0/s1. The van der Waals surface area contributed by atoms with Gasteiger partial charge in [0, 0.05) is 32.1 Å². The Balaban J connectivity index is 1.37. The Labute approximate surface area is 142 Å². The van der Waals surface area contributed by atoms with Gasteiger partial charge in [0.2, 0.25) is 12.7 Å². The summed E-state index contributed by atoms with van der Waals surface area (Å²) in [5, 5.41) is 0. The van der Waals surface area contributed by atoms with Crippen molar-refractivity contribution in [1.82, 2.24) is 9.80 Å². The first-order valence-electron chi connectivity index (χ1n) is 8.80. The van der Waals surface area contributed by atoms with Gasteiger partial charge in [-0.2, -0.15) is 0 Å². The van der Waals surface area contributed by atoms with Crippen LogP contribution in [0, 0.1) is 0 Å². The molecule has 1 aromatic carbocycles. The normalized spacial score (nSPS) is 23.7. The van der Waals surface area contributed by atoms with Crippen LogP contribution < -0.4 is 9.47 Å². The Bertz CT molecular complexity index is 601. The van der Waals surface area contributed by atoms with E-state index in [1.165, 1.54) is 12.0 Å². The lowest BCUT2D eigenvalue weighted by Gasteiger charge is -2.29. The molecule has 6 nitrogen and oxygen atoms in total. The Kier molecular flexibility index (Phi) is 4.58. The van der Waals surface area contributed by atoms with Gasteiger partial charge in [-0.1, -0.05) is 6.07 Å². The molecule has 0 N–H and O–H groups in total. The lowest BCUT2D eigenvalue weighted by Crippen LogP contribution is -2.42. The summed E-state index contributed by atoms with van der Waals surface area (Å²) >= 11 is 0. The number of ether oxygens (including phenoxy) is 3. The number of benzene rings is 1. The van der Waals surface area contributed by atoms with Crippen LogP contribution in [0.1, 0.15) is 30.9 Å². The van der Waals surface area contributed by atoms with Gasteiger partial charge in [-0.05, 0) is 37.1 Å². The maximum atomic E-state index is 12.4. The van der Waals surface area contributed by atoms with Gasteiger partial charge < -0.3 is 19.1 Å². The average Bonchev–Trinajstić information content (AvgIpc) is 3.28. The molecule has 4 rings (SSSR count). The Hall–Kier alpha value is -1.79. The van der Waals surface area contributed by atoms with Crippen LogP contribution in [0.2, 0.25) is 0 Å². The summed E-state index contributed by atoms with van der Waals surface area (Å²) in [6, 6.07) is 6.58. The van der Waals surface area contributed by atoms with Crippen molar-refractivity contribution in [3.8, 4) is 11.5 Å². The van der Waals surface area contributed by atoms with E-state index in [2.05, 4.69) is 17.0 Å². The average molecular weight is 332 g/mol. The molecule has 2 saturated heterocycles. The van der Waals surface area contributed by atoms with Gasteiger partial charge in [0.25, 0.3) is 0 Å². The van der Waals surface area contributed by atoms with Crippen LogP contribution in [0.3, 0.4) is 0 Å². The van der Waals surface area contributed by atoms with E-state index in [9.17, 15) is 4.79 Å². The summed E-state index contributed by atoms with van der Waals surface area (Å²) in [5.41, 5.74) is 1.26. The van der Waals surface area contributed by atoms with E-state index in [4.69, 9.17) is 14.2 Å². The zero-order valence-corrected chi connectivity index (χ0v) is 13.9. The van der Waals surface area contributed by atoms with Crippen molar-refractivity contribution in [2.75, 3.05) is 46.2 Å². The molecule has 1 atom stereocenters. The van der Waals surface area contributed by atoms with Crippen molar-refractivity contribution in [2.24, 2.45) is 0 Å². The van der Waals surface area contributed by atoms with E-state index < -0.39 is 0 Å². The minimum absolute atomic E-state index is 0.245. The molecule has 0 aliphatic carbocycles. The van der Waals surface area contributed by atoms with Gasteiger partial charge in [-0.3, -0.25) is 9.69 Å². The fraction of sp³-hybridized carbons (Fsp3) is 0.611. The van der Waals surface area contributed by atoms with E-state index in [0.717, 1.165) is 44.1 Å². The zero-order valence-electron chi connectivity index (χ0n) is 13.9. The van der Waals surface area contributed by atoms with Crippen LogP contribution in [-0.2, 0) is 9.53 Å². The van der Waals surface area contributed by atoms with Gasteiger partial charge in [-0.25, -0.2) is 0 Å². The molecule has 1 aromatic rings. The first-order valence-corrected chi connectivity index (χ1v) is 8.80. The predicted octanol–water partition coefficient (Wildman–Crippen LogP) is 1.80. The minimum atomic E-state index is 0.245. The SMILES string of the molecule is O=C(CCN1CCC[C@H]1c1ccc2c(c1)OCO2)N1CCOCC1. The lowest BCUT2D eigenvalue weighted by molar-refractivity contribution is -0.135. The van der Waals surface area contributed by atoms with Gasteiger partial charge in [0.15, 0.2) is 11.5 Å². The molecule has 3 heterocycles. The number of amides is 1. The number of fused-ring (bicyclic) bond motifs is 1.